The van der Waals surface area contributed by atoms with Gasteiger partial charge in [0.2, 0.25) is 0 Å². The van der Waals surface area contributed by atoms with E-state index in [4.69, 9.17) is 14.7 Å². The Labute approximate surface area is 105 Å². The molecule has 5 N–H and O–H groups in total. The van der Waals surface area contributed by atoms with E-state index in [9.17, 15) is 10.2 Å². The molecule has 0 radical (unpaired) electrons. The van der Waals surface area contributed by atoms with Crippen molar-refractivity contribution in [1.29, 1.82) is 0 Å². The maximum absolute atomic E-state index is 9.58. The summed E-state index contributed by atoms with van der Waals surface area (Å²) in [6.45, 7) is 0. The lowest BCUT2D eigenvalue weighted by molar-refractivity contribution is 0.368. The zero-order valence-electron chi connectivity index (χ0n) is 9.30. The van der Waals surface area contributed by atoms with E-state index in [1.165, 1.54) is 0 Å². The minimum atomic E-state index is -2.62. The summed E-state index contributed by atoms with van der Waals surface area (Å²) in [5.41, 5.74) is 1.29. The Morgan fingerprint density at radius 1 is 0.611 bits per heavy atom. The normalized spacial score (nSPS) is 9.78. The molecule has 0 fully saturated rings. The molecule has 2 rings (SSSR count). The van der Waals surface area contributed by atoms with Gasteiger partial charge in [-0.15, -0.1) is 0 Å². The molecule has 0 unspecified atom stereocenters. The topological polar surface area (TPSA) is 101 Å². The van der Waals surface area contributed by atoms with Crippen LogP contribution in [-0.2, 0) is 0 Å². The summed E-state index contributed by atoms with van der Waals surface area (Å²) in [6, 6.07) is 13.9. The van der Waals surface area contributed by atoms with E-state index in [0.717, 1.165) is 0 Å². The number of aromatic hydroxyl groups is 2. The van der Waals surface area contributed by atoms with Gasteiger partial charge in [-0.1, -0.05) is 36.4 Å². The molecule has 96 valence electrons. The Kier molecular flexibility index (Phi) is 5.55. The molecule has 2 aromatic rings. The molecule has 0 aromatic heterocycles. The van der Waals surface area contributed by atoms with E-state index in [0.29, 0.717) is 11.1 Å². The summed E-state index contributed by atoms with van der Waals surface area (Å²) in [6.07, 6.45) is 0. The number of para-hydroxylation sites is 2. The second kappa shape index (κ2) is 6.93. The van der Waals surface area contributed by atoms with E-state index >= 15 is 0 Å². The number of hydrogen-bond acceptors (Lipinski definition) is 5. The summed E-state index contributed by atoms with van der Waals surface area (Å²) < 4.78 is 0. The Balaban J connectivity index is 0.000000357. The fourth-order valence-corrected chi connectivity index (χ4v) is 1.40. The molecule has 0 heterocycles. The lowest BCUT2D eigenvalue weighted by Gasteiger charge is -2.05. The Morgan fingerprint density at radius 2 is 0.889 bits per heavy atom. The highest BCUT2D eigenvalue weighted by atomic mass is 31.2. The van der Waals surface area contributed by atoms with Gasteiger partial charge in [0, 0.05) is 11.1 Å². The molecular formula is C12H13O5P. The summed E-state index contributed by atoms with van der Waals surface area (Å²) in [5.74, 6) is 0.350. The molecule has 0 amide bonds. The van der Waals surface area contributed by atoms with Crippen LogP contribution in [0.3, 0.4) is 0 Å². The minimum absolute atomic E-state index is 0.175. The van der Waals surface area contributed by atoms with Gasteiger partial charge in [0.25, 0.3) is 0 Å². The third kappa shape index (κ3) is 4.31. The van der Waals surface area contributed by atoms with Gasteiger partial charge in [-0.05, 0) is 12.1 Å². The minimum Gasteiger partial charge on any atom is -0.507 e. The summed E-state index contributed by atoms with van der Waals surface area (Å²) >= 11 is 0. The first-order chi connectivity index (χ1) is 8.52. The van der Waals surface area contributed by atoms with Gasteiger partial charge >= 0.3 is 8.60 Å². The Hall–Kier alpha value is -1.65. The monoisotopic (exact) mass is 268 g/mol. The molecule has 18 heavy (non-hydrogen) atoms. The second-order valence-electron chi connectivity index (χ2n) is 3.30. The van der Waals surface area contributed by atoms with Crippen LogP contribution in [-0.4, -0.2) is 24.9 Å². The van der Waals surface area contributed by atoms with Crippen molar-refractivity contribution in [2.45, 2.75) is 0 Å². The van der Waals surface area contributed by atoms with Gasteiger partial charge in [-0.3, -0.25) is 0 Å². The van der Waals surface area contributed by atoms with Crippen molar-refractivity contribution in [3.63, 3.8) is 0 Å². The van der Waals surface area contributed by atoms with Crippen molar-refractivity contribution < 1.29 is 24.9 Å². The molecule has 0 bridgehead atoms. The highest BCUT2D eigenvalue weighted by molar-refractivity contribution is 7.38. The van der Waals surface area contributed by atoms with Crippen LogP contribution < -0.4 is 0 Å². The molecule has 0 aliphatic heterocycles. The van der Waals surface area contributed by atoms with Crippen molar-refractivity contribution in [2.24, 2.45) is 0 Å². The van der Waals surface area contributed by atoms with E-state index in [-0.39, 0.29) is 11.5 Å². The average Bonchev–Trinajstić information content (AvgIpc) is 2.30. The molecular weight excluding hydrogens is 255 g/mol. The predicted molar refractivity (Wildman–Crippen MR) is 68.8 cm³/mol. The highest BCUT2D eigenvalue weighted by Gasteiger charge is 2.06. The zero-order valence-corrected chi connectivity index (χ0v) is 10.2. The number of hydrogen-bond donors (Lipinski definition) is 5. The van der Waals surface area contributed by atoms with E-state index < -0.39 is 8.60 Å². The molecule has 5 nitrogen and oxygen atoms in total. The van der Waals surface area contributed by atoms with Crippen LogP contribution in [0.1, 0.15) is 0 Å². The van der Waals surface area contributed by atoms with Gasteiger partial charge in [0.15, 0.2) is 0 Å². The molecule has 0 atom stereocenters. The largest absolute Gasteiger partial charge is 0.507 e. The second-order valence-corrected chi connectivity index (χ2v) is 3.84. The molecule has 0 saturated heterocycles. The first kappa shape index (κ1) is 14.4. The number of rotatable bonds is 1. The third-order valence-electron chi connectivity index (χ3n) is 2.10. The first-order valence-electron chi connectivity index (χ1n) is 4.95. The smallest absolute Gasteiger partial charge is 0.324 e. The van der Waals surface area contributed by atoms with Crippen molar-refractivity contribution >= 4 is 8.60 Å². The van der Waals surface area contributed by atoms with Crippen LogP contribution in [0, 0.1) is 0 Å². The third-order valence-corrected chi connectivity index (χ3v) is 2.10. The molecule has 0 spiro atoms. The van der Waals surface area contributed by atoms with Gasteiger partial charge in [0.1, 0.15) is 11.5 Å². The molecule has 0 aliphatic rings. The Morgan fingerprint density at radius 3 is 1.17 bits per heavy atom. The lowest BCUT2D eigenvalue weighted by Crippen LogP contribution is -1.79. The lowest BCUT2D eigenvalue weighted by atomic mass is 10.0. The molecule has 0 aliphatic carbocycles. The van der Waals surface area contributed by atoms with E-state index in [1.807, 2.05) is 12.1 Å². The number of phenolic OH excluding ortho intramolecular Hbond substituents is 2. The summed E-state index contributed by atoms with van der Waals surface area (Å²) in [4.78, 5) is 21.7. The quantitative estimate of drug-likeness (QED) is 0.509. The van der Waals surface area contributed by atoms with E-state index in [2.05, 4.69) is 0 Å². The predicted octanol–water partition coefficient (Wildman–Crippen LogP) is 1.95. The zero-order chi connectivity index (χ0) is 13.5. The molecule has 6 heteroatoms. The van der Waals surface area contributed by atoms with Gasteiger partial charge < -0.3 is 24.9 Å². The standard InChI is InChI=1S/C12H10O2.H3O3P/c13-11-7-3-1-5-9(11)10-6-2-4-8-12(10)14;1-4(2)3/h1-8,13-14H;1-3H. The maximum Gasteiger partial charge on any atom is 0.324 e. The summed E-state index contributed by atoms with van der Waals surface area (Å²) in [7, 11) is -2.62. The van der Waals surface area contributed by atoms with Gasteiger partial charge in [-0.25, -0.2) is 0 Å². The SMILES string of the molecule is OP(O)O.Oc1ccccc1-c1ccccc1O. The first-order valence-corrected chi connectivity index (χ1v) is 6.15. The van der Waals surface area contributed by atoms with Crippen LogP contribution in [0.2, 0.25) is 0 Å². The fraction of sp³-hybridized carbons (Fsp3) is 0. The van der Waals surface area contributed by atoms with Crippen LogP contribution in [0.25, 0.3) is 11.1 Å². The number of benzene rings is 2. The number of phenols is 2. The van der Waals surface area contributed by atoms with Crippen molar-refractivity contribution in [1.82, 2.24) is 0 Å². The van der Waals surface area contributed by atoms with Crippen molar-refractivity contribution in [3.05, 3.63) is 48.5 Å². The van der Waals surface area contributed by atoms with Crippen LogP contribution in [0.5, 0.6) is 11.5 Å². The van der Waals surface area contributed by atoms with Crippen LogP contribution in [0.4, 0.5) is 0 Å². The van der Waals surface area contributed by atoms with Gasteiger partial charge in [-0.2, -0.15) is 0 Å². The molecule has 2 aromatic carbocycles. The van der Waals surface area contributed by atoms with Crippen molar-refractivity contribution in [3.8, 4) is 22.6 Å². The highest BCUT2D eigenvalue weighted by Crippen LogP contribution is 2.34. The van der Waals surface area contributed by atoms with E-state index in [1.54, 1.807) is 36.4 Å². The van der Waals surface area contributed by atoms with Crippen LogP contribution >= 0.6 is 8.60 Å². The van der Waals surface area contributed by atoms with Gasteiger partial charge in [0.05, 0.1) is 0 Å². The fourth-order valence-electron chi connectivity index (χ4n) is 1.40. The average molecular weight is 268 g/mol. The maximum atomic E-state index is 9.58. The molecule has 0 saturated carbocycles. The van der Waals surface area contributed by atoms with Crippen molar-refractivity contribution in [2.75, 3.05) is 0 Å². The van der Waals surface area contributed by atoms with Crippen LogP contribution in [0.15, 0.2) is 48.5 Å². The Bertz CT molecular complexity index is 455. The summed E-state index contributed by atoms with van der Waals surface area (Å²) in [5, 5.41) is 19.2.